The quantitative estimate of drug-likeness (QED) is 0.873. The predicted octanol–water partition coefficient (Wildman–Crippen LogP) is 1.90. The Morgan fingerprint density at radius 3 is 2.58 bits per heavy atom. The number of amides is 1. The second-order valence-electron chi connectivity index (χ2n) is 6.18. The van der Waals surface area contributed by atoms with Gasteiger partial charge in [0.25, 0.3) is 5.91 Å². The van der Waals surface area contributed by atoms with Crippen LogP contribution in [0.4, 0.5) is 0 Å². The molecule has 1 fully saturated rings. The number of hydrogen-bond acceptors (Lipinski definition) is 3. The third-order valence-corrected chi connectivity index (χ3v) is 4.07. The van der Waals surface area contributed by atoms with Crippen molar-refractivity contribution < 1.29 is 15.0 Å². The van der Waals surface area contributed by atoms with E-state index >= 15 is 0 Å². The maximum Gasteiger partial charge on any atom is 0.258 e. The number of phenols is 1. The molecule has 1 aliphatic heterocycles. The molecule has 19 heavy (non-hydrogen) atoms. The summed E-state index contributed by atoms with van der Waals surface area (Å²) in [6, 6.07) is 4.98. The van der Waals surface area contributed by atoms with Gasteiger partial charge in [0.05, 0.1) is 17.2 Å². The average Bonchev–Trinajstić information content (AvgIpc) is 3.04. The number of carbonyl (C=O) groups excluding carboxylic acids is 1. The fraction of sp³-hybridized carbons (Fsp3) is 0.533. The van der Waals surface area contributed by atoms with E-state index in [1.54, 1.807) is 24.8 Å². The number of fused-ring (bicyclic) bond motifs is 1. The summed E-state index contributed by atoms with van der Waals surface area (Å²) in [5.74, 6) is 0.253. The van der Waals surface area contributed by atoms with Crippen LogP contribution in [0.5, 0.6) is 5.75 Å². The molecule has 1 atom stereocenters. The molecule has 0 saturated heterocycles. The highest BCUT2D eigenvalue weighted by Crippen LogP contribution is 2.43. The lowest BCUT2D eigenvalue weighted by Gasteiger charge is -2.37. The molecule has 1 aromatic carbocycles. The Hall–Kier alpha value is -1.55. The molecule has 1 aliphatic carbocycles. The van der Waals surface area contributed by atoms with Crippen molar-refractivity contribution >= 4 is 5.91 Å². The van der Waals surface area contributed by atoms with Crippen molar-refractivity contribution in [1.82, 2.24) is 4.90 Å². The zero-order chi connectivity index (χ0) is 13.8. The first-order valence-electron chi connectivity index (χ1n) is 6.74. The highest BCUT2D eigenvalue weighted by molar-refractivity contribution is 6.01. The summed E-state index contributed by atoms with van der Waals surface area (Å²) in [5, 5.41) is 20.2. The SMILES string of the molecule is CC(C)(O)C(C1CC1)N1Cc2cccc(O)c2C1=O. The first-order valence-corrected chi connectivity index (χ1v) is 6.74. The topological polar surface area (TPSA) is 60.8 Å². The van der Waals surface area contributed by atoms with Crippen LogP contribution in [0.3, 0.4) is 0 Å². The molecule has 2 N–H and O–H groups in total. The molecule has 0 spiro atoms. The van der Waals surface area contributed by atoms with Gasteiger partial charge in [-0.2, -0.15) is 0 Å². The van der Waals surface area contributed by atoms with Gasteiger partial charge in [0, 0.05) is 6.54 Å². The van der Waals surface area contributed by atoms with E-state index in [9.17, 15) is 15.0 Å². The van der Waals surface area contributed by atoms with E-state index in [2.05, 4.69) is 0 Å². The average molecular weight is 261 g/mol. The van der Waals surface area contributed by atoms with Crippen molar-refractivity contribution in [3.63, 3.8) is 0 Å². The minimum atomic E-state index is -0.922. The monoisotopic (exact) mass is 261 g/mol. The molecular formula is C15H19NO3. The van der Waals surface area contributed by atoms with E-state index in [0.29, 0.717) is 18.0 Å². The van der Waals surface area contributed by atoms with Crippen LogP contribution in [-0.4, -0.2) is 32.7 Å². The summed E-state index contributed by atoms with van der Waals surface area (Å²) in [5.41, 5.74) is 0.325. The summed E-state index contributed by atoms with van der Waals surface area (Å²) in [7, 11) is 0. The van der Waals surface area contributed by atoms with E-state index in [1.165, 1.54) is 6.07 Å². The molecule has 0 aromatic heterocycles. The van der Waals surface area contributed by atoms with Crippen LogP contribution in [0, 0.1) is 5.92 Å². The van der Waals surface area contributed by atoms with Crippen LogP contribution in [0.1, 0.15) is 42.6 Å². The van der Waals surface area contributed by atoms with Gasteiger partial charge in [-0.05, 0) is 44.2 Å². The molecule has 0 radical (unpaired) electrons. The molecule has 2 aliphatic rings. The van der Waals surface area contributed by atoms with Gasteiger partial charge in [-0.1, -0.05) is 12.1 Å². The highest BCUT2D eigenvalue weighted by Gasteiger charge is 2.48. The Balaban J connectivity index is 1.97. The first-order chi connectivity index (χ1) is 8.89. The summed E-state index contributed by atoms with van der Waals surface area (Å²) >= 11 is 0. The van der Waals surface area contributed by atoms with E-state index in [4.69, 9.17) is 0 Å². The number of rotatable bonds is 3. The van der Waals surface area contributed by atoms with Crippen molar-refractivity contribution in [2.45, 2.75) is 44.9 Å². The maximum atomic E-state index is 12.5. The van der Waals surface area contributed by atoms with Gasteiger partial charge >= 0.3 is 0 Å². The van der Waals surface area contributed by atoms with Crippen molar-refractivity contribution in [1.29, 1.82) is 0 Å². The maximum absolute atomic E-state index is 12.5. The smallest absolute Gasteiger partial charge is 0.258 e. The molecule has 3 rings (SSSR count). The minimum absolute atomic E-state index is 0.0373. The van der Waals surface area contributed by atoms with Crippen LogP contribution in [0.25, 0.3) is 0 Å². The largest absolute Gasteiger partial charge is 0.507 e. The van der Waals surface area contributed by atoms with Crippen LogP contribution >= 0.6 is 0 Å². The van der Waals surface area contributed by atoms with Gasteiger partial charge in [-0.15, -0.1) is 0 Å². The Labute approximate surface area is 112 Å². The lowest BCUT2D eigenvalue weighted by atomic mass is 9.93. The number of aromatic hydroxyl groups is 1. The van der Waals surface area contributed by atoms with E-state index < -0.39 is 5.60 Å². The van der Waals surface area contributed by atoms with Crippen molar-refractivity contribution in [3.05, 3.63) is 29.3 Å². The van der Waals surface area contributed by atoms with E-state index in [1.807, 2.05) is 6.07 Å². The van der Waals surface area contributed by atoms with Gasteiger partial charge in [0.1, 0.15) is 5.75 Å². The van der Waals surface area contributed by atoms with Gasteiger partial charge in [0.2, 0.25) is 0 Å². The summed E-state index contributed by atoms with van der Waals surface area (Å²) in [6.07, 6.45) is 2.11. The first kappa shape index (κ1) is 12.5. The van der Waals surface area contributed by atoms with Crippen molar-refractivity contribution in [2.24, 2.45) is 5.92 Å². The molecule has 1 saturated carbocycles. The number of phenolic OH excluding ortho intramolecular Hbond substituents is 1. The third-order valence-electron chi connectivity index (χ3n) is 4.07. The lowest BCUT2D eigenvalue weighted by Crippen LogP contribution is -2.51. The zero-order valence-corrected chi connectivity index (χ0v) is 11.3. The Morgan fingerprint density at radius 1 is 1.37 bits per heavy atom. The van der Waals surface area contributed by atoms with Crippen molar-refractivity contribution in [3.8, 4) is 5.75 Å². The number of carbonyl (C=O) groups is 1. The second kappa shape index (κ2) is 3.97. The molecule has 4 nitrogen and oxygen atoms in total. The number of nitrogens with zero attached hydrogens (tertiary/aromatic N) is 1. The predicted molar refractivity (Wildman–Crippen MR) is 70.8 cm³/mol. The Kier molecular flexibility index (Phi) is 2.61. The number of benzene rings is 1. The fourth-order valence-electron chi connectivity index (χ4n) is 3.21. The van der Waals surface area contributed by atoms with Crippen LogP contribution in [0.2, 0.25) is 0 Å². The summed E-state index contributed by atoms with van der Waals surface area (Å²) in [6.45, 7) is 3.99. The zero-order valence-electron chi connectivity index (χ0n) is 11.3. The van der Waals surface area contributed by atoms with E-state index in [0.717, 1.165) is 18.4 Å². The lowest BCUT2D eigenvalue weighted by molar-refractivity contribution is -0.0224. The highest BCUT2D eigenvalue weighted by atomic mass is 16.3. The van der Waals surface area contributed by atoms with Crippen LogP contribution in [0.15, 0.2) is 18.2 Å². The fourth-order valence-corrected chi connectivity index (χ4v) is 3.21. The molecule has 0 bridgehead atoms. The van der Waals surface area contributed by atoms with Crippen LogP contribution < -0.4 is 0 Å². The van der Waals surface area contributed by atoms with E-state index in [-0.39, 0.29) is 17.7 Å². The standard InChI is InChI=1S/C15H19NO3/c1-15(2,19)13(9-6-7-9)16-8-10-4-3-5-11(17)12(10)14(16)18/h3-5,9,13,17,19H,6-8H2,1-2H3. The van der Waals surface area contributed by atoms with Crippen LogP contribution in [-0.2, 0) is 6.54 Å². The molecule has 1 heterocycles. The second-order valence-corrected chi connectivity index (χ2v) is 6.18. The Bertz CT molecular complexity index is 529. The van der Waals surface area contributed by atoms with Gasteiger partial charge in [-0.3, -0.25) is 4.79 Å². The summed E-state index contributed by atoms with van der Waals surface area (Å²) in [4.78, 5) is 14.2. The Morgan fingerprint density at radius 2 is 2.05 bits per heavy atom. The van der Waals surface area contributed by atoms with Gasteiger partial charge in [-0.25, -0.2) is 0 Å². The third kappa shape index (κ3) is 2.00. The van der Waals surface area contributed by atoms with Crippen molar-refractivity contribution in [2.75, 3.05) is 0 Å². The number of aliphatic hydroxyl groups is 1. The molecule has 102 valence electrons. The number of hydrogen-bond donors (Lipinski definition) is 2. The van der Waals surface area contributed by atoms with Gasteiger partial charge < -0.3 is 15.1 Å². The van der Waals surface area contributed by atoms with Gasteiger partial charge in [0.15, 0.2) is 0 Å². The molecule has 1 amide bonds. The molecule has 1 unspecified atom stereocenters. The molecular weight excluding hydrogens is 242 g/mol. The summed E-state index contributed by atoms with van der Waals surface area (Å²) < 4.78 is 0. The minimum Gasteiger partial charge on any atom is -0.507 e. The molecule has 4 heteroatoms. The normalized spacial score (nSPS) is 20.6. The molecule has 1 aromatic rings.